The molecule has 3 heteroatoms. The summed E-state index contributed by atoms with van der Waals surface area (Å²) in [4.78, 5) is 0. The lowest BCUT2D eigenvalue weighted by Crippen LogP contribution is -2.35. The molecule has 2 atom stereocenters. The molecule has 2 unspecified atom stereocenters. The molecule has 0 aliphatic heterocycles. The summed E-state index contributed by atoms with van der Waals surface area (Å²) in [5.74, 6) is 0. The minimum Gasteiger partial charge on any atom is -0.387 e. The molecular formula is C22H22ClNO. The first kappa shape index (κ1) is 17.7. The molecule has 0 saturated heterocycles. The van der Waals surface area contributed by atoms with E-state index in [1.54, 1.807) is 0 Å². The number of halogens is 1. The Labute approximate surface area is 154 Å². The Kier molecular flexibility index (Phi) is 5.24. The van der Waals surface area contributed by atoms with Gasteiger partial charge >= 0.3 is 0 Å². The van der Waals surface area contributed by atoms with Crippen molar-refractivity contribution >= 4 is 12.4 Å². The van der Waals surface area contributed by atoms with Gasteiger partial charge in [-0.25, -0.2) is 0 Å². The number of fused-ring (bicyclic) bond motifs is 3. The summed E-state index contributed by atoms with van der Waals surface area (Å²) in [5.41, 5.74) is 6.08. The highest BCUT2D eigenvalue weighted by molar-refractivity contribution is 5.85. The van der Waals surface area contributed by atoms with E-state index in [2.05, 4.69) is 53.8 Å². The first-order valence-corrected chi connectivity index (χ1v) is 8.43. The molecule has 2 nitrogen and oxygen atoms in total. The average Bonchev–Trinajstić information content (AvgIpc) is 2.96. The van der Waals surface area contributed by atoms with Crippen molar-refractivity contribution in [2.45, 2.75) is 25.1 Å². The minimum atomic E-state index is -0.536. The van der Waals surface area contributed by atoms with E-state index < -0.39 is 6.10 Å². The second kappa shape index (κ2) is 7.40. The molecule has 0 saturated carbocycles. The largest absolute Gasteiger partial charge is 0.387 e. The summed E-state index contributed by atoms with van der Waals surface area (Å²) >= 11 is 0. The number of rotatable bonds is 4. The van der Waals surface area contributed by atoms with E-state index in [1.807, 2.05) is 37.3 Å². The van der Waals surface area contributed by atoms with Crippen LogP contribution in [0.15, 0.2) is 78.9 Å². The maximum absolute atomic E-state index is 10.7. The molecule has 0 spiro atoms. The molecule has 25 heavy (non-hydrogen) atoms. The van der Waals surface area contributed by atoms with Gasteiger partial charge in [-0.2, -0.15) is 0 Å². The third-order valence-corrected chi connectivity index (χ3v) is 4.88. The molecule has 0 amide bonds. The zero-order valence-electron chi connectivity index (χ0n) is 14.1. The third kappa shape index (κ3) is 3.21. The number of aliphatic hydroxyl groups excluding tert-OH is 1. The van der Waals surface area contributed by atoms with Gasteiger partial charge in [-0.1, -0.05) is 78.9 Å². The Balaban J connectivity index is 0.00000182. The van der Waals surface area contributed by atoms with Crippen molar-refractivity contribution in [2.75, 3.05) is 0 Å². The Bertz CT molecular complexity index is 804. The summed E-state index contributed by atoms with van der Waals surface area (Å²) < 4.78 is 0. The molecule has 2 N–H and O–H groups in total. The third-order valence-electron chi connectivity index (χ3n) is 4.88. The summed E-state index contributed by atoms with van der Waals surface area (Å²) in [6.45, 7) is 2.04. The smallest absolute Gasteiger partial charge is 0.0940 e. The molecule has 4 rings (SSSR count). The van der Waals surface area contributed by atoms with Crippen LogP contribution in [0, 0.1) is 0 Å². The zero-order chi connectivity index (χ0) is 16.5. The molecular weight excluding hydrogens is 330 g/mol. The van der Waals surface area contributed by atoms with Gasteiger partial charge in [-0.3, -0.25) is 0 Å². The first-order chi connectivity index (χ1) is 11.8. The zero-order valence-corrected chi connectivity index (χ0v) is 14.9. The van der Waals surface area contributed by atoms with Crippen LogP contribution < -0.4 is 5.32 Å². The SMILES string of the molecule is CC(NC1c2ccccc2-c2ccccc21)C(O)c1ccccc1.Cl. The van der Waals surface area contributed by atoms with Gasteiger partial charge in [0.25, 0.3) is 0 Å². The van der Waals surface area contributed by atoms with Crippen LogP contribution in [0.1, 0.15) is 35.8 Å². The lowest BCUT2D eigenvalue weighted by Gasteiger charge is -2.26. The van der Waals surface area contributed by atoms with Crippen molar-refractivity contribution in [1.82, 2.24) is 5.32 Å². The Morgan fingerprint density at radius 2 is 1.24 bits per heavy atom. The first-order valence-electron chi connectivity index (χ1n) is 8.43. The predicted octanol–water partition coefficient (Wildman–Crippen LogP) is 4.89. The number of hydrogen-bond donors (Lipinski definition) is 2. The van der Waals surface area contributed by atoms with Crippen molar-refractivity contribution in [3.8, 4) is 11.1 Å². The van der Waals surface area contributed by atoms with E-state index in [-0.39, 0.29) is 24.5 Å². The molecule has 128 valence electrons. The van der Waals surface area contributed by atoms with Gasteiger partial charge in [0, 0.05) is 6.04 Å². The van der Waals surface area contributed by atoms with E-state index in [1.165, 1.54) is 22.3 Å². The highest BCUT2D eigenvalue weighted by Gasteiger charge is 2.30. The Hall–Kier alpha value is -2.13. The van der Waals surface area contributed by atoms with Crippen LogP contribution in [-0.4, -0.2) is 11.1 Å². The standard InChI is InChI=1S/C22H21NO.ClH/c1-15(22(24)16-9-3-2-4-10-16)23-21-19-13-7-5-11-17(19)18-12-6-8-14-20(18)21;/h2-15,21-24H,1H3;1H. The average molecular weight is 352 g/mol. The monoisotopic (exact) mass is 351 g/mol. The van der Waals surface area contributed by atoms with Gasteiger partial charge < -0.3 is 10.4 Å². The molecule has 0 radical (unpaired) electrons. The second-order valence-corrected chi connectivity index (χ2v) is 6.42. The Morgan fingerprint density at radius 1 is 0.760 bits per heavy atom. The van der Waals surface area contributed by atoms with Gasteiger partial charge in [-0.05, 0) is 34.7 Å². The van der Waals surface area contributed by atoms with E-state index in [4.69, 9.17) is 0 Å². The number of hydrogen-bond acceptors (Lipinski definition) is 2. The normalized spacial score (nSPS) is 15.0. The van der Waals surface area contributed by atoms with Gasteiger partial charge in [0.15, 0.2) is 0 Å². The van der Waals surface area contributed by atoms with E-state index in [9.17, 15) is 5.11 Å². The van der Waals surface area contributed by atoms with Crippen molar-refractivity contribution in [3.05, 3.63) is 95.6 Å². The molecule has 0 aromatic heterocycles. The van der Waals surface area contributed by atoms with Crippen molar-refractivity contribution in [1.29, 1.82) is 0 Å². The van der Waals surface area contributed by atoms with E-state index in [0.29, 0.717) is 0 Å². The van der Waals surface area contributed by atoms with E-state index >= 15 is 0 Å². The van der Waals surface area contributed by atoms with Crippen LogP contribution in [0.25, 0.3) is 11.1 Å². The van der Waals surface area contributed by atoms with Crippen LogP contribution in [0.5, 0.6) is 0 Å². The van der Waals surface area contributed by atoms with Gasteiger partial charge in [0.2, 0.25) is 0 Å². The highest BCUT2D eigenvalue weighted by Crippen LogP contribution is 2.43. The maximum Gasteiger partial charge on any atom is 0.0940 e. The number of benzene rings is 3. The van der Waals surface area contributed by atoms with Gasteiger partial charge in [0.05, 0.1) is 12.1 Å². The summed E-state index contributed by atoms with van der Waals surface area (Å²) in [7, 11) is 0. The topological polar surface area (TPSA) is 32.3 Å². The highest BCUT2D eigenvalue weighted by atomic mass is 35.5. The quantitative estimate of drug-likeness (QED) is 0.701. The molecule has 3 aromatic rings. The fourth-order valence-corrected chi connectivity index (χ4v) is 3.63. The minimum absolute atomic E-state index is 0. The molecule has 3 aromatic carbocycles. The lowest BCUT2D eigenvalue weighted by molar-refractivity contribution is 0.132. The van der Waals surface area contributed by atoms with Crippen LogP contribution >= 0.6 is 12.4 Å². The molecule has 0 bridgehead atoms. The Morgan fingerprint density at radius 3 is 1.80 bits per heavy atom. The summed E-state index contributed by atoms with van der Waals surface area (Å²) in [6.07, 6.45) is -0.536. The number of aliphatic hydroxyl groups is 1. The van der Waals surface area contributed by atoms with Gasteiger partial charge in [-0.15, -0.1) is 12.4 Å². The van der Waals surface area contributed by atoms with Crippen LogP contribution in [0.3, 0.4) is 0 Å². The van der Waals surface area contributed by atoms with E-state index in [0.717, 1.165) is 5.56 Å². The fourth-order valence-electron chi connectivity index (χ4n) is 3.63. The second-order valence-electron chi connectivity index (χ2n) is 6.42. The molecule has 1 aliphatic carbocycles. The fraction of sp³-hybridized carbons (Fsp3) is 0.182. The molecule has 0 fully saturated rings. The number of nitrogens with one attached hydrogen (secondary N) is 1. The van der Waals surface area contributed by atoms with Gasteiger partial charge in [0.1, 0.15) is 0 Å². The van der Waals surface area contributed by atoms with Crippen LogP contribution in [0.2, 0.25) is 0 Å². The van der Waals surface area contributed by atoms with Crippen molar-refractivity contribution < 1.29 is 5.11 Å². The summed E-state index contributed by atoms with van der Waals surface area (Å²) in [6, 6.07) is 26.9. The van der Waals surface area contributed by atoms with Crippen molar-refractivity contribution in [2.24, 2.45) is 0 Å². The lowest BCUT2D eigenvalue weighted by atomic mass is 10.00. The maximum atomic E-state index is 10.7. The molecule has 1 aliphatic rings. The summed E-state index contributed by atoms with van der Waals surface area (Å²) in [5, 5.41) is 14.3. The van der Waals surface area contributed by atoms with Crippen molar-refractivity contribution in [3.63, 3.8) is 0 Å². The van der Waals surface area contributed by atoms with Crippen LogP contribution in [0.4, 0.5) is 0 Å². The predicted molar refractivity (Wildman–Crippen MR) is 105 cm³/mol. The van der Waals surface area contributed by atoms with Crippen LogP contribution in [-0.2, 0) is 0 Å². The molecule has 0 heterocycles.